The summed E-state index contributed by atoms with van der Waals surface area (Å²) in [7, 11) is 0. The number of carbonyl (C=O) groups excluding carboxylic acids is 1. The van der Waals surface area contributed by atoms with E-state index in [1.54, 1.807) is 0 Å². The third kappa shape index (κ3) is 1.45. The van der Waals surface area contributed by atoms with E-state index in [9.17, 15) is 4.79 Å². The topological polar surface area (TPSA) is 46.3 Å². The van der Waals surface area contributed by atoms with E-state index in [-0.39, 0.29) is 5.91 Å². The average molecular weight is 190 g/mol. The lowest BCUT2D eigenvalue weighted by Crippen LogP contribution is -2.37. The minimum atomic E-state index is -0.270. The summed E-state index contributed by atoms with van der Waals surface area (Å²) in [5, 5.41) is 0. The fourth-order valence-electron chi connectivity index (χ4n) is 2.04. The van der Waals surface area contributed by atoms with E-state index >= 15 is 0 Å². The van der Waals surface area contributed by atoms with Crippen LogP contribution in [0.3, 0.4) is 0 Å². The zero-order valence-corrected chi connectivity index (χ0v) is 8.23. The normalized spacial score (nSPS) is 19.5. The third-order valence-corrected chi connectivity index (χ3v) is 2.67. The Labute approximate surface area is 83.5 Å². The summed E-state index contributed by atoms with van der Waals surface area (Å²) in [5.74, 6) is -0.270. The molecule has 0 spiro atoms. The predicted octanol–water partition coefficient (Wildman–Crippen LogP) is 0.923. The molecule has 1 aliphatic heterocycles. The van der Waals surface area contributed by atoms with Gasteiger partial charge in [-0.05, 0) is 25.0 Å². The first-order chi connectivity index (χ1) is 6.68. The molecule has 0 saturated carbocycles. The number of fused-ring (bicyclic) bond motifs is 1. The quantitative estimate of drug-likeness (QED) is 0.753. The highest BCUT2D eigenvalue weighted by molar-refractivity contribution is 5.80. The number of nitrogens with zero attached hydrogens (tertiary/aromatic N) is 1. The molecule has 3 heteroatoms. The van der Waals surface area contributed by atoms with Crippen LogP contribution < -0.4 is 10.6 Å². The van der Waals surface area contributed by atoms with Crippen LogP contribution in [0.5, 0.6) is 0 Å². The van der Waals surface area contributed by atoms with Gasteiger partial charge in [0.15, 0.2) is 0 Å². The molecule has 0 bridgehead atoms. The molecule has 1 aromatic carbocycles. The maximum absolute atomic E-state index is 10.9. The number of benzene rings is 1. The van der Waals surface area contributed by atoms with E-state index in [1.165, 1.54) is 5.56 Å². The molecule has 2 N–H and O–H groups in total. The molecule has 0 radical (unpaired) electrons. The van der Waals surface area contributed by atoms with E-state index in [2.05, 4.69) is 17.9 Å². The summed E-state index contributed by atoms with van der Waals surface area (Å²) in [4.78, 5) is 13.0. The number of amides is 1. The van der Waals surface area contributed by atoms with Crippen LogP contribution in [0.4, 0.5) is 5.69 Å². The standard InChI is InChI=1S/C11H14N2O/c1-8-6-9-4-2-3-5-10(9)13(8)7-11(12)14/h2-5,8H,6-7H2,1H3,(H2,12,14). The van der Waals surface area contributed by atoms with Crippen LogP contribution in [0, 0.1) is 0 Å². The molecule has 0 saturated heterocycles. The van der Waals surface area contributed by atoms with Crippen LogP contribution in [0.2, 0.25) is 0 Å². The summed E-state index contributed by atoms with van der Waals surface area (Å²) < 4.78 is 0. The Morgan fingerprint density at radius 2 is 2.29 bits per heavy atom. The molecule has 1 aromatic rings. The maximum atomic E-state index is 10.9. The van der Waals surface area contributed by atoms with Gasteiger partial charge in [-0.25, -0.2) is 0 Å². The molecule has 1 amide bonds. The van der Waals surface area contributed by atoms with Crippen molar-refractivity contribution in [1.82, 2.24) is 0 Å². The van der Waals surface area contributed by atoms with Gasteiger partial charge in [-0.2, -0.15) is 0 Å². The first-order valence-electron chi connectivity index (χ1n) is 4.81. The average Bonchev–Trinajstić information content (AvgIpc) is 2.43. The number of para-hydroxylation sites is 1. The molecule has 1 atom stereocenters. The van der Waals surface area contributed by atoms with Gasteiger partial charge < -0.3 is 10.6 Å². The highest BCUT2D eigenvalue weighted by Gasteiger charge is 2.25. The fraction of sp³-hybridized carbons (Fsp3) is 0.364. The second-order valence-electron chi connectivity index (χ2n) is 3.78. The van der Waals surface area contributed by atoms with Crippen LogP contribution in [-0.2, 0) is 11.2 Å². The first kappa shape index (κ1) is 9.06. The lowest BCUT2D eigenvalue weighted by atomic mass is 10.1. The fourth-order valence-corrected chi connectivity index (χ4v) is 2.04. The highest BCUT2D eigenvalue weighted by Crippen LogP contribution is 2.30. The van der Waals surface area contributed by atoms with Gasteiger partial charge in [-0.15, -0.1) is 0 Å². The van der Waals surface area contributed by atoms with Crippen molar-refractivity contribution >= 4 is 11.6 Å². The highest BCUT2D eigenvalue weighted by atomic mass is 16.1. The molecule has 0 fully saturated rings. The molecule has 2 rings (SSSR count). The summed E-state index contributed by atoms with van der Waals surface area (Å²) in [5.41, 5.74) is 7.67. The zero-order chi connectivity index (χ0) is 10.1. The molecule has 0 aromatic heterocycles. The number of nitrogens with two attached hydrogens (primary N) is 1. The van der Waals surface area contributed by atoms with Crippen molar-refractivity contribution < 1.29 is 4.79 Å². The summed E-state index contributed by atoms with van der Waals surface area (Å²) >= 11 is 0. The lowest BCUT2D eigenvalue weighted by molar-refractivity contribution is -0.116. The van der Waals surface area contributed by atoms with Crippen molar-refractivity contribution in [3.63, 3.8) is 0 Å². The van der Waals surface area contributed by atoms with E-state index in [4.69, 9.17) is 5.73 Å². The largest absolute Gasteiger partial charge is 0.368 e. The Morgan fingerprint density at radius 1 is 1.57 bits per heavy atom. The SMILES string of the molecule is CC1Cc2ccccc2N1CC(N)=O. The van der Waals surface area contributed by atoms with Crippen molar-refractivity contribution in [2.24, 2.45) is 5.73 Å². The Morgan fingerprint density at radius 3 is 3.00 bits per heavy atom. The number of hydrogen-bond donors (Lipinski definition) is 1. The Balaban J connectivity index is 2.30. The molecule has 3 nitrogen and oxygen atoms in total. The molecule has 0 aliphatic carbocycles. The number of primary amides is 1. The predicted molar refractivity (Wildman–Crippen MR) is 56.1 cm³/mol. The molecular weight excluding hydrogens is 176 g/mol. The minimum absolute atomic E-state index is 0.270. The number of carbonyl (C=O) groups is 1. The zero-order valence-electron chi connectivity index (χ0n) is 8.23. The summed E-state index contributed by atoms with van der Waals surface area (Å²) in [6, 6.07) is 8.54. The van der Waals surface area contributed by atoms with Gasteiger partial charge in [-0.3, -0.25) is 4.79 Å². The van der Waals surface area contributed by atoms with Crippen molar-refractivity contribution in [3.05, 3.63) is 29.8 Å². The van der Waals surface area contributed by atoms with Gasteiger partial charge >= 0.3 is 0 Å². The second kappa shape index (κ2) is 3.33. The van der Waals surface area contributed by atoms with Crippen LogP contribution in [0.1, 0.15) is 12.5 Å². The van der Waals surface area contributed by atoms with Gasteiger partial charge in [0.05, 0.1) is 6.54 Å². The van der Waals surface area contributed by atoms with E-state index in [0.717, 1.165) is 12.1 Å². The Kier molecular flexibility index (Phi) is 2.15. The maximum Gasteiger partial charge on any atom is 0.236 e. The second-order valence-corrected chi connectivity index (χ2v) is 3.78. The minimum Gasteiger partial charge on any atom is -0.368 e. The molecule has 14 heavy (non-hydrogen) atoms. The van der Waals surface area contributed by atoms with Gasteiger partial charge in [0.1, 0.15) is 0 Å². The molecular formula is C11H14N2O. The number of anilines is 1. The monoisotopic (exact) mass is 190 g/mol. The van der Waals surface area contributed by atoms with Crippen molar-refractivity contribution in [1.29, 1.82) is 0 Å². The van der Waals surface area contributed by atoms with E-state index < -0.39 is 0 Å². The molecule has 1 aliphatic rings. The lowest BCUT2D eigenvalue weighted by Gasteiger charge is -2.22. The van der Waals surface area contributed by atoms with Crippen LogP contribution >= 0.6 is 0 Å². The third-order valence-electron chi connectivity index (χ3n) is 2.67. The number of hydrogen-bond acceptors (Lipinski definition) is 2. The van der Waals surface area contributed by atoms with E-state index in [1.807, 2.05) is 18.2 Å². The molecule has 1 unspecified atom stereocenters. The smallest absolute Gasteiger partial charge is 0.236 e. The molecule has 74 valence electrons. The summed E-state index contributed by atoms with van der Waals surface area (Å²) in [6.45, 7) is 2.43. The van der Waals surface area contributed by atoms with Crippen LogP contribution in [0.15, 0.2) is 24.3 Å². The van der Waals surface area contributed by atoms with Gasteiger partial charge in [0.25, 0.3) is 0 Å². The van der Waals surface area contributed by atoms with Gasteiger partial charge in [0.2, 0.25) is 5.91 Å². The number of rotatable bonds is 2. The van der Waals surface area contributed by atoms with E-state index in [0.29, 0.717) is 12.6 Å². The van der Waals surface area contributed by atoms with Crippen LogP contribution in [-0.4, -0.2) is 18.5 Å². The Bertz CT molecular complexity index is 362. The molecule has 1 heterocycles. The Hall–Kier alpha value is -1.51. The van der Waals surface area contributed by atoms with Crippen LogP contribution in [0.25, 0.3) is 0 Å². The van der Waals surface area contributed by atoms with Crippen molar-refractivity contribution in [2.75, 3.05) is 11.4 Å². The van der Waals surface area contributed by atoms with Crippen molar-refractivity contribution in [3.8, 4) is 0 Å². The van der Waals surface area contributed by atoms with Gasteiger partial charge in [-0.1, -0.05) is 18.2 Å². The van der Waals surface area contributed by atoms with Gasteiger partial charge in [0, 0.05) is 11.7 Å². The van der Waals surface area contributed by atoms with Crippen molar-refractivity contribution in [2.45, 2.75) is 19.4 Å². The first-order valence-corrected chi connectivity index (χ1v) is 4.81. The summed E-state index contributed by atoms with van der Waals surface area (Å²) in [6.07, 6.45) is 1.00.